The van der Waals surface area contributed by atoms with Gasteiger partial charge in [0.2, 0.25) is 17.7 Å². The molecule has 0 aromatic carbocycles. The van der Waals surface area contributed by atoms with Crippen LogP contribution in [0.2, 0.25) is 0 Å². The fourth-order valence-electron chi connectivity index (χ4n) is 8.27. The Bertz CT molecular complexity index is 3470. The highest BCUT2D eigenvalue weighted by Gasteiger charge is 2.53. The van der Waals surface area contributed by atoms with E-state index in [1.165, 1.54) is 17.9 Å². The van der Waals surface area contributed by atoms with E-state index in [0.29, 0.717) is 0 Å². The Morgan fingerprint density at radius 3 is 1.96 bits per heavy atom. The smallest absolute Gasteiger partial charge is 0.472 e. The number of rotatable bonds is 19. The van der Waals surface area contributed by atoms with Gasteiger partial charge in [-0.1, -0.05) is 4.98 Å². The first-order valence-electron chi connectivity index (χ1n) is 21.1. The van der Waals surface area contributed by atoms with Crippen molar-refractivity contribution in [2.75, 3.05) is 44.1 Å². The Balaban J connectivity index is 0.862. The zero-order chi connectivity index (χ0) is 54.3. The van der Waals surface area contributed by atoms with Gasteiger partial charge < -0.3 is 85.2 Å². The van der Waals surface area contributed by atoms with Crippen molar-refractivity contribution in [2.24, 2.45) is 7.05 Å². The van der Waals surface area contributed by atoms with Gasteiger partial charge >= 0.3 is 13.5 Å². The third kappa shape index (κ3) is 10.9. The number of aromatic nitrogens is 12. The monoisotopic (exact) mass is 1140 g/mol. The van der Waals surface area contributed by atoms with Crippen molar-refractivity contribution >= 4 is 82.5 Å². The number of imidazole rings is 3. The molecule has 6 aromatic rings. The summed E-state index contributed by atoms with van der Waals surface area (Å²) in [5.74, 6) is -0.762. The molecule has 0 radical (unpaired) electrons. The van der Waals surface area contributed by atoms with Gasteiger partial charge in [0, 0.05) is 7.11 Å². The van der Waals surface area contributed by atoms with Crippen LogP contribution < -0.4 is 47.6 Å². The standard InChI is InChI=1S/C32H43N15O24P4/c1-44-9-47(25-15(44)27(53)43-32(35)41-25)29-19(51)17(49)11(67-29)4-64-73(56,57)70-75(60,61)71-74(58,59)65-5-12-20(21(62-2)30(68-12)45-7-38-13-22(33)36-6-37-23(13)45)69-72(54,55)63-3-10-16(48)18(50)28(66-10)46-8-39-14-24(46)40-31(34)42-26(14)52/h6-12,16-21,28-30,48-51H,3-5H2,1-2H3,(H11-,33,34,35,36,37,40,41,42,43,52,53,54,55,56,57,58,59,60,61)/p-2/t10-,11-,12-,16?,17?,18+,19+,20?,21+,28-,29-,30-/m1/s1. The summed E-state index contributed by atoms with van der Waals surface area (Å²) < 4.78 is 107. The Labute approximate surface area is 414 Å². The van der Waals surface area contributed by atoms with Gasteiger partial charge in [-0.25, -0.2) is 37.7 Å². The number of nitrogens with one attached hydrogen (secondary N) is 2. The second kappa shape index (κ2) is 20.3. The summed E-state index contributed by atoms with van der Waals surface area (Å²) in [7, 11) is -22.1. The third-order valence-electron chi connectivity index (χ3n) is 11.5. The summed E-state index contributed by atoms with van der Waals surface area (Å²) >= 11 is 0. The first kappa shape index (κ1) is 54.6. The van der Waals surface area contributed by atoms with Gasteiger partial charge in [0.1, 0.15) is 66.8 Å². The van der Waals surface area contributed by atoms with Gasteiger partial charge in [-0.05, 0) is 0 Å². The molecule has 7 unspecified atom stereocenters. The van der Waals surface area contributed by atoms with Gasteiger partial charge in [0.15, 0.2) is 41.4 Å². The van der Waals surface area contributed by atoms with Crippen LogP contribution in [-0.4, -0.2) is 161 Å². The second-order valence-corrected chi connectivity index (χ2v) is 22.3. The molecule has 3 aliphatic rings. The van der Waals surface area contributed by atoms with Crippen LogP contribution in [0.5, 0.6) is 0 Å². The lowest BCUT2D eigenvalue weighted by atomic mass is 10.1. The molecule has 0 spiro atoms. The number of hydrogen-bond donors (Lipinski definition) is 10. The molecule has 9 heterocycles. The molecule has 3 aliphatic heterocycles. The number of aromatic amines is 2. The van der Waals surface area contributed by atoms with Crippen LogP contribution in [0, 0.1) is 0 Å². The van der Waals surface area contributed by atoms with Crippen LogP contribution in [0.4, 0.5) is 17.7 Å². The van der Waals surface area contributed by atoms with E-state index in [1.807, 2.05) is 0 Å². The number of phosphoric ester groups is 3. The van der Waals surface area contributed by atoms with E-state index in [0.717, 1.165) is 39.8 Å². The highest BCUT2D eigenvalue weighted by molar-refractivity contribution is 7.65. The zero-order valence-corrected chi connectivity index (χ0v) is 41.4. The molecule has 0 aliphatic carbocycles. The summed E-state index contributed by atoms with van der Waals surface area (Å²) in [6.45, 7) is -3.64. The third-order valence-corrected chi connectivity index (χ3v) is 16.6. The number of phosphoric acid groups is 4. The molecule has 39 nitrogen and oxygen atoms in total. The summed E-state index contributed by atoms with van der Waals surface area (Å²) in [6, 6.07) is 0. The van der Waals surface area contributed by atoms with Crippen molar-refractivity contribution < 1.29 is 108 Å². The molecule has 16 atom stereocenters. The molecular formula is C32H41N15O24P4-2. The molecule has 43 heteroatoms. The molecule has 410 valence electrons. The maximum absolute atomic E-state index is 13.6. The molecule has 3 saturated heterocycles. The Kier molecular flexibility index (Phi) is 14.8. The lowest BCUT2D eigenvalue weighted by Crippen LogP contribution is -2.46. The largest absolute Gasteiger partial charge is 0.756 e. The molecule has 0 amide bonds. The number of nitrogens with zero attached hydrogens (tertiary/aromatic N) is 10. The number of fused-ring (bicyclic) bond motifs is 3. The normalized spacial score (nSPS) is 30.5. The predicted octanol–water partition coefficient (Wildman–Crippen LogP) is -6.61. The van der Waals surface area contributed by atoms with Crippen LogP contribution in [0.25, 0.3) is 33.5 Å². The van der Waals surface area contributed by atoms with Crippen molar-refractivity contribution in [1.29, 1.82) is 0 Å². The first-order valence-corrected chi connectivity index (χ1v) is 27.0. The number of nitrogens with two attached hydrogens (primary N) is 3. The quantitative estimate of drug-likeness (QED) is 0.0266. The maximum atomic E-state index is 13.6. The van der Waals surface area contributed by atoms with Crippen molar-refractivity contribution in [3.05, 3.63) is 46.0 Å². The van der Waals surface area contributed by atoms with Crippen LogP contribution >= 0.6 is 31.3 Å². The topological polar surface area (TPSA) is 571 Å². The zero-order valence-electron chi connectivity index (χ0n) is 37.8. The van der Waals surface area contributed by atoms with Crippen molar-refractivity contribution in [3.63, 3.8) is 0 Å². The Morgan fingerprint density at radius 1 is 0.707 bits per heavy atom. The number of anilines is 3. The van der Waals surface area contributed by atoms with Crippen molar-refractivity contribution in [3.8, 4) is 0 Å². The molecule has 3 fully saturated rings. The van der Waals surface area contributed by atoms with Crippen LogP contribution in [0.1, 0.15) is 18.7 Å². The SMILES string of the molecule is CO[C@H]1C(OP(=O)(O)OC[C@H]2O[C@@H](n3cnc4c(=O)[nH]c(N)nc43)[C@@H](O)C2O)[C@@H](COP(=O)([O-])OP(=O)([O-])OP(=O)([O-])OC[C@H]2O[C@@H]([n+]3cn(C)c4c(=O)[nH]c(N)nc43)[C@@H](O)C2O)O[C@H]1n1cnc2c(N)ncnc21. The van der Waals surface area contributed by atoms with Gasteiger partial charge in [-0.2, -0.15) is 4.98 Å². The summed E-state index contributed by atoms with van der Waals surface area (Å²) in [5, 5.41) is 43.1. The fourth-order valence-corrected chi connectivity index (χ4v) is 12.6. The minimum atomic E-state index is -6.58. The van der Waals surface area contributed by atoms with E-state index in [1.54, 1.807) is 0 Å². The number of ether oxygens (including phenoxy) is 4. The number of aliphatic hydroxyl groups is 4. The maximum Gasteiger partial charge on any atom is 0.472 e. The molecule has 75 heavy (non-hydrogen) atoms. The number of nitrogen functional groups attached to an aromatic ring is 3. The molecule has 9 rings (SSSR count). The highest BCUT2D eigenvalue weighted by Crippen LogP contribution is 2.63. The highest BCUT2D eigenvalue weighted by atomic mass is 31.3. The van der Waals surface area contributed by atoms with Gasteiger partial charge in [-0.15, -0.1) is 0 Å². The molecule has 0 bridgehead atoms. The van der Waals surface area contributed by atoms with E-state index in [2.05, 4.69) is 53.0 Å². The number of aryl methyl sites for hydroxylation is 1. The van der Waals surface area contributed by atoms with E-state index in [-0.39, 0.29) is 51.2 Å². The van der Waals surface area contributed by atoms with Crippen LogP contribution in [0.15, 0.2) is 34.9 Å². The minimum absolute atomic E-state index is 0.0205. The van der Waals surface area contributed by atoms with Crippen LogP contribution in [0.3, 0.4) is 0 Å². The average molecular weight is 1140 g/mol. The molecule has 0 saturated carbocycles. The Morgan fingerprint density at radius 2 is 1.28 bits per heavy atom. The number of aliphatic hydroxyl groups excluding tert-OH is 4. The number of methoxy groups -OCH3 is 1. The summed E-state index contributed by atoms with van der Waals surface area (Å²) in [4.78, 5) is 103. The molecular weight excluding hydrogens is 1100 g/mol. The Hall–Kier alpha value is -5.15. The van der Waals surface area contributed by atoms with Gasteiger partial charge in [-0.3, -0.25) is 56.0 Å². The van der Waals surface area contributed by atoms with E-state index >= 15 is 0 Å². The summed E-state index contributed by atoms with van der Waals surface area (Å²) in [6.07, 6.45) is -16.4. The number of H-pyrrole nitrogens is 2. The van der Waals surface area contributed by atoms with Crippen molar-refractivity contribution in [1.82, 2.24) is 53.6 Å². The lowest BCUT2D eigenvalue weighted by molar-refractivity contribution is -0.745. The first-order chi connectivity index (χ1) is 35.2. The molecule has 6 aromatic heterocycles. The number of hydrogen-bond acceptors (Lipinski definition) is 32. The fraction of sp³-hybridized carbons (Fsp3) is 0.531. The van der Waals surface area contributed by atoms with Crippen molar-refractivity contribution in [2.45, 2.75) is 73.6 Å². The van der Waals surface area contributed by atoms with Crippen LogP contribution in [-0.2, 0) is 71.0 Å². The van der Waals surface area contributed by atoms with Gasteiger partial charge in [0.25, 0.3) is 40.5 Å². The van der Waals surface area contributed by atoms with E-state index in [9.17, 15) is 67.8 Å². The molecule has 13 N–H and O–H groups in total. The lowest BCUT2D eigenvalue weighted by Gasteiger charge is -2.35. The average Bonchev–Trinajstić information content (AvgIpc) is 4.17. The minimum Gasteiger partial charge on any atom is -0.756 e. The summed E-state index contributed by atoms with van der Waals surface area (Å²) in [5.41, 5.74) is 15.2. The van der Waals surface area contributed by atoms with E-state index < -0.39 is 136 Å². The van der Waals surface area contributed by atoms with E-state index in [4.69, 9.17) is 49.7 Å². The van der Waals surface area contributed by atoms with Gasteiger partial charge in [0.05, 0.1) is 39.5 Å². The predicted molar refractivity (Wildman–Crippen MR) is 232 cm³/mol. The second-order valence-electron chi connectivity index (χ2n) is 16.4.